The minimum Gasteiger partial charge on any atom is -0.425 e. The summed E-state index contributed by atoms with van der Waals surface area (Å²) in [5, 5.41) is 3.32. The van der Waals surface area contributed by atoms with E-state index in [4.69, 9.17) is 27.9 Å². The lowest BCUT2D eigenvalue weighted by atomic mass is 9.88. The summed E-state index contributed by atoms with van der Waals surface area (Å²) in [6.45, 7) is 3.43. The number of esters is 1. The minimum absolute atomic E-state index is 0.194. The average Bonchev–Trinajstić information content (AvgIpc) is 2.76. The van der Waals surface area contributed by atoms with Crippen molar-refractivity contribution in [2.24, 2.45) is 0 Å². The number of urea groups is 1. The number of rotatable bonds is 7. The summed E-state index contributed by atoms with van der Waals surface area (Å²) < 4.78 is 5.14. The van der Waals surface area contributed by atoms with Gasteiger partial charge in [-0.15, -0.1) is 0 Å². The molecule has 25 heavy (non-hydrogen) atoms. The molecule has 1 N–H and O–H groups in total. The molecule has 2 rings (SSSR count). The summed E-state index contributed by atoms with van der Waals surface area (Å²) in [6, 6.07) is 3.80. The van der Waals surface area contributed by atoms with Crippen molar-refractivity contribution in [2.45, 2.75) is 45.1 Å². The second kappa shape index (κ2) is 8.06. The first-order valence-corrected chi connectivity index (χ1v) is 8.88. The van der Waals surface area contributed by atoms with E-state index in [1.807, 2.05) is 13.8 Å². The molecule has 0 saturated carbocycles. The van der Waals surface area contributed by atoms with Crippen molar-refractivity contribution in [3.63, 3.8) is 0 Å². The molecule has 0 atom stereocenters. The molecule has 3 amide bonds. The predicted molar refractivity (Wildman–Crippen MR) is 94.9 cm³/mol. The minimum atomic E-state index is -0.926. The largest absolute Gasteiger partial charge is 0.425 e. The Hall–Kier alpha value is -1.79. The van der Waals surface area contributed by atoms with Gasteiger partial charge in [0.2, 0.25) is 0 Å². The van der Waals surface area contributed by atoms with Crippen molar-refractivity contribution in [1.82, 2.24) is 10.2 Å². The van der Waals surface area contributed by atoms with Crippen LogP contribution >= 0.6 is 23.2 Å². The van der Waals surface area contributed by atoms with Crippen LogP contribution in [0.4, 0.5) is 4.79 Å². The van der Waals surface area contributed by atoms with E-state index in [1.165, 1.54) is 18.2 Å². The van der Waals surface area contributed by atoms with E-state index in [1.54, 1.807) is 0 Å². The van der Waals surface area contributed by atoms with Crippen LogP contribution in [0.15, 0.2) is 18.2 Å². The normalized spacial score (nSPS) is 16.1. The number of hydrogen-bond donors (Lipinski definition) is 1. The van der Waals surface area contributed by atoms with Crippen LogP contribution in [-0.4, -0.2) is 34.9 Å². The zero-order chi connectivity index (χ0) is 18.6. The number of halogens is 2. The third-order valence-electron chi connectivity index (χ3n) is 4.01. The molecule has 1 heterocycles. The fraction of sp³-hybridized carbons (Fsp3) is 0.471. The number of nitrogens with one attached hydrogen (secondary N) is 1. The first-order valence-electron chi connectivity index (χ1n) is 8.12. The lowest BCUT2D eigenvalue weighted by Crippen LogP contribution is -2.47. The fourth-order valence-corrected chi connectivity index (χ4v) is 3.26. The van der Waals surface area contributed by atoms with Crippen molar-refractivity contribution in [3.05, 3.63) is 28.2 Å². The lowest BCUT2D eigenvalue weighted by Gasteiger charge is -2.25. The number of imide groups is 1. The first kappa shape index (κ1) is 19.5. The number of nitrogens with zero attached hydrogens (tertiary/aromatic N) is 1. The van der Waals surface area contributed by atoms with Crippen molar-refractivity contribution in [1.29, 1.82) is 0 Å². The molecule has 1 fully saturated rings. The van der Waals surface area contributed by atoms with Gasteiger partial charge in [-0.05, 0) is 25.0 Å². The monoisotopic (exact) mass is 386 g/mol. The van der Waals surface area contributed by atoms with Gasteiger partial charge >= 0.3 is 12.0 Å². The Kier molecular flexibility index (Phi) is 6.30. The summed E-state index contributed by atoms with van der Waals surface area (Å²) in [7, 11) is 0. The number of ether oxygens (including phenoxy) is 1. The van der Waals surface area contributed by atoms with Gasteiger partial charge in [-0.3, -0.25) is 9.69 Å². The molecule has 1 aromatic carbocycles. The molecule has 1 aromatic rings. The molecule has 8 heteroatoms. The third kappa shape index (κ3) is 4.25. The zero-order valence-electron chi connectivity index (χ0n) is 14.1. The number of carbonyl (C=O) groups is 3. The lowest BCUT2D eigenvalue weighted by molar-refractivity contribution is -0.141. The van der Waals surface area contributed by atoms with Crippen LogP contribution in [-0.2, 0) is 9.59 Å². The van der Waals surface area contributed by atoms with Gasteiger partial charge in [0.15, 0.2) is 0 Å². The predicted octanol–water partition coefficient (Wildman–Crippen LogP) is 3.79. The van der Waals surface area contributed by atoms with Crippen LogP contribution in [0.1, 0.15) is 39.5 Å². The number of carbonyl (C=O) groups excluding carboxylic acids is 3. The van der Waals surface area contributed by atoms with E-state index in [0.717, 1.165) is 17.7 Å². The molecular formula is C17H20Cl2N2O4. The standard InChI is InChI=1S/C17H20Cl2N2O4/c1-3-7-17(8-4-2)15(23)21(16(24)20-17)10-14(22)25-11-5-6-12(18)13(19)9-11/h5-6,9H,3-4,7-8,10H2,1-2H3,(H,20,24). The second-order valence-electron chi connectivity index (χ2n) is 5.95. The molecular weight excluding hydrogens is 367 g/mol. The molecule has 1 aliphatic rings. The van der Waals surface area contributed by atoms with Crippen LogP contribution in [0, 0.1) is 0 Å². The maximum Gasteiger partial charge on any atom is 0.331 e. The highest BCUT2D eigenvalue weighted by Crippen LogP contribution is 2.29. The summed E-state index contributed by atoms with van der Waals surface area (Å²) in [5.41, 5.74) is -0.926. The van der Waals surface area contributed by atoms with E-state index in [0.29, 0.717) is 17.9 Å². The van der Waals surface area contributed by atoms with E-state index >= 15 is 0 Å². The molecule has 136 valence electrons. The van der Waals surface area contributed by atoms with Crippen LogP contribution < -0.4 is 10.1 Å². The highest BCUT2D eigenvalue weighted by molar-refractivity contribution is 6.42. The Balaban J connectivity index is 2.08. The molecule has 0 aromatic heterocycles. The van der Waals surface area contributed by atoms with Crippen molar-refractivity contribution in [3.8, 4) is 5.75 Å². The molecule has 0 unspecified atom stereocenters. The Labute approximate surface area is 156 Å². The van der Waals surface area contributed by atoms with E-state index in [9.17, 15) is 14.4 Å². The maximum atomic E-state index is 12.7. The van der Waals surface area contributed by atoms with Gasteiger partial charge < -0.3 is 10.1 Å². The first-order chi connectivity index (χ1) is 11.8. The Morgan fingerprint density at radius 3 is 2.36 bits per heavy atom. The number of hydrogen-bond acceptors (Lipinski definition) is 4. The summed E-state index contributed by atoms with van der Waals surface area (Å²) >= 11 is 11.7. The smallest absolute Gasteiger partial charge is 0.331 e. The highest BCUT2D eigenvalue weighted by atomic mass is 35.5. The Morgan fingerprint density at radius 2 is 1.80 bits per heavy atom. The zero-order valence-corrected chi connectivity index (χ0v) is 15.6. The van der Waals surface area contributed by atoms with Gasteiger partial charge in [-0.1, -0.05) is 49.9 Å². The topological polar surface area (TPSA) is 75.7 Å². The van der Waals surface area contributed by atoms with Gasteiger partial charge in [-0.25, -0.2) is 9.59 Å². The van der Waals surface area contributed by atoms with Crippen LogP contribution in [0.2, 0.25) is 10.0 Å². The van der Waals surface area contributed by atoms with Crippen LogP contribution in [0.5, 0.6) is 5.75 Å². The molecule has 1 saturated heterocycles. The van der Waals surface area contributed by atoms with Crippen LogP contribution in [0.25, 0.3) is 0 Å². The Morgan fingerprint density at radius 1 is 1.16 bits per heavy atom. The fourth-order valence-electron chi connectivity index (χ4n) is 2.97. The summed E-state index contributed by atoms with van der Waals surface area (Å²) in [4.78, 5) is 37.9. The molecule has 0 aliphatic carbocycles. The molecule has 6 nitrogen and oxygen atoms in total. The molecule has 0 spiro atoms. The van der Waals surface area contributed by atoms with Gasteiger partial charge in [-0.2, -0.15) is 0 Å². The summed E-state index contributed by atoms with van der Waals surface area (Å²) in [6.07, 6.45) is 2.55. The van der Waals surface area contributed by atoms with E-state index in [2.05, 4.69) is 5.32 Å². The molecule has 0 radical (unpaired) electrons. The van der Waals surface area contributed by atoms with E-state index in [-0.39, 0.29) is 16.7 Å². The van der Waals surface area contributed by atoms with Gasteiger partial charge in [0, 0.05) is 6.07 Å². The van der Waals surface area contributed by atoms with E-state index < -0.39 is 24.1 Å². The molecule has 1 aliphatic heterocycles. The summed E-state index contributed by atoms with van der Waals surface area (Å²) in [5.74, 6) is -0.919. The Bertz CT molecular complexity index is 687. The van der Waals surface area contributed by atoms with Gasteiger partial charge in [0.25, 0.3) is 5.91 Å². The number of benzene rings is 1. The van der Waals surface area contributed by atoms with Crippen LogP contribution in [0.3, 0.4) is 0 Å². The average molecular weight is 387 g/mol. The second-order valence-corrected chi connectivity index (χ2v) is 6.77. The quantitative estimate of drug-likeness (QED) is 0.439. The number of amides is 3. The van der Waals surface area contributed by atoms with Gasteiger partial charge in [0.1, 0.15) is 17.8 Å². The SMILES string of the molecule is CCCC1(CCC)NC(=O)N(CC(=O)Oc2ccc(Cl)c(Cl)c2)C1=O. The third-order valence-corrected chi connectivity index (χ3v) is 4.75. The van der Waals surface area contributed by atoms with Crippen molar-refractivity contribution in [2.75, 3.05) is 6.54 Å². The van der Waals surface area contributed by atoms with Gasteiger partial charge in [0.05, 0.1) is 10.0 Å². The molecule has 0 bridgehead atoms. The maximum absolute atomic E-state index is 12.7. The van der Waals surface area contributed by atoms with Crippen molar-refractivity contribution < 1.29 is 19.1 Å². The van der Waals surface area contributed by atoms with Crippen molar-refractivity contribution >= 4 is 41.1 Å². The highest BCUT2D eigenvalue weighted by Gasteiger charge is 2.50.